The van der Waals surface area contributed by atoms with Crippen molar-refractivity contribution in [2.24, 2.45) is 5.92 Å². The summed E-state index contributed by atoms with van der Waals surface area (Å²) in [6.45, 7) is 7.93. The van der Waals surface area contributed by atoms with E-state index in [1.807, 2.05) is 20.8 Å². The number of ether oxygens (including phenoxy) is 1. The molecule has 6 nitrogen and oxygen atoms in total. The van der Waals surface area contributed by atoms with Crippen molar-refractivity contribution < 1.29 is 14.3 Å². The second kappa shape index (κ2) is 7.55. The van der Waals surface area contributed by atoms with Crippen LogP contribution < -0.4 is 5.32 Å². The Morgan fingerprint density at radius 2 is 2.17 bits per heavy atom. The van der Waals surface area contributed by atoms with E-state index in [0.29, 0.717) is 31.2 Å². The smallest absolute Gasteiger partial charge is 0.410 e. The summed E-state index contributed by atoms with van der Waals surface area (Å²) in [5, 5.41) is 3.16. The SMILES string of the molecule is CC(C)(C)OC(=O)N1CCC(CNCC(=O)c2ccccn2)C1. The number of amides is 1. The number of hydrogen-bond acceptors (Lipinski definition) is 5. The molecular formula is C17H25N3O3. The summed E-state index contributed by atoms with van der Waals surface area (Å²) in [5.74, 6) is 0.326. The van der Waals surface area contributed by atoms with Crippen molar-refractivity contribution in [2.45, 2.75) is 32.8 Å². The number of rotatable bonds is 5. The zero-order valence-corrected chi connectivity index (χ0v) is 14.0. The number of nitrogens with zero attached hydrogens (tertiary/aromatic N) is 2. The number of nitrogens with one attached hydrogen (secondary N) is 1. The molecular weight excluding hydrogens is 294 g/mol. The van der Waals surface area contributed by atoms with Crippen LogP contribution in [0.15, 0.2) is 24.4 Å². The van der Waals surface area contributed by atoms with Crippen molar-refractivity contribution in [2.75, 3.05) is 26.2 Å². The number of Topliss-reactive ketones (excluding diaryl/α,β-unsaturated/α-hetero) is 1. The molecule has 1 aliphatic heterocycles. The van der Waals surface area contributed by atoms with Crippen molar-refractivity contribution in [1.29, 1.82) is 0 Å². The average molecular weight is 319 g/mol. The molecule has 0 saturated carbocycles. The van der Waals surface area contributed by atoms with Crippen LogP contribution in [0.5, 0.6) is 0 Å². The molecule has 0 spiro atoms. The van der Waals surface area contributed by atoms with Gasteiger partial charge in [0.15, 0.2) is 5.78 Å². The first-order valence-electron chi connectivity index (χ1n) is 7.98. The molecule has 0 aromatic carbocycles. The van der Waals surface area contributed by atoms with Gasteiger partial charge in [-0.1, -0.05) is 6.07 Å². The van der Waals surface area contributed by atoms with Crippen LogP contribution in [0, 0.1) is 5.92 Å². The number of hydrogen-bond donors (Lipinski definition) is 1. The van der Waals surface area contributed by atoms with E-state index >= 15 is 0 Å². The third-order valence-electron chi connectivity index (χ3n) is 3.61. The highest BCUT2D eigenvalue weighted by Gasteiger charge is 2.29. The molecule has 126 valence electrons. The Labute approximate surface area is 137 Å². The molecule has 1 amide bonds. The Morgan fingerprint density at radius 3 is 2.83 bits per heavy atom. The largest absolute Gasteiger partial charge is 0.444 e. The fourth-order valence-electron chi connectivity index (χ4n) is 2.50. The van der Waals surface area contributed by atoms with E-state index in [1.165, 1.54) is 0 Å². The zero-order chi connectivity index (χ0) is 16.9. The molecule has 1 atom stereocenters. The number of carbonyl (C=O) groups is 2. The van der Waals surface area contributed by atoms with Gasteiger partial charge in [-0.15, -0.1) is 0 Å². The lowest BCUT2D eigenvalue weighted by atomic mass is 10.1. The number of ketones is 1. The molecule has 6 heteroatoms. The zero-order valence-electron chi connectivity index (χ0n) is 14.0. The summed E-state index contributed by atoms with van der Waals surface area (Å²) in [7, 11) is 0. The minimum Gasteiger partial charge on any atom is -0.444 e. The van der Waals surface area contributed by atoms with Gasteiger partial charge in [0.2, 0.25) is 0 Å². The van der Waals surface area contributed by atoms with Gasteiger partial charge >= 0.3 is 6.09 Å². The third-order valence-corrected chi connectivity index (χ3v) is 3.61. The summed E-state index contributed by atoms with van der Waals surface area (Å²) < 4.78 is 5.37. The van der Waals surface area contributed by atoms with Gasteiger partial charge in [-0.05, 0) is 45.2 Å². The second-order valence-electron chi connectivity index (χ2n) is 6.85. The monoisotopic (exact) mass is 319 g/mol. The van der Waals surface area contributed by atoms with Crippen molar-refractivity contribution in [3.63, 3.8) is 0 Å². The van der Waals surface area contributed by atoms with E-state index < -0.39 is 5.60 Å². The first kappa shape index (κ1) is 17.4. The van der Waals surface area contributed by atoms with E-state index in [0.717, 1.165) is 6.42 Å². The first-order chi connectivity index (χ1) is 10.8. The van der Waals surface area contributed by atoms with Crippen molar-refractivity contribution in [3.8, 4) is 0 Å². The van der Waals surface area contributed by atoms with Crippen molar-refractivity contribution in [1.82, 2.24) is 15.2 Å². The van der Waals surface area contributed by atoms with Crippen LogP contribution >= 0.6 is 0 Å². The molecule has 0 radical (unpaired) electrons. The quantitative estimate of drug-likeness (QED) is 0.842. The maximum Gasteiger partial charge on any atom is 0.410 e. The molecule has 1 aromatic rings. The summed E-state index contributed by atoms with van der Waals surface area (Å²) >= 11 is 0. The van der Waals surface area contributed by atoms with Crippen molar-refractivity contribution >= 4 is 11.9 Å². The Balaban J connectivity index is 1.70. The standard InChI is InChI=1S/C17H25N3O3/c1-17(2,3)23-16(22)20-9-7-13(12-20)10-18-11-15(21)14-6-4-5-8-19-14/h4-6,8,13,18H,7,9-12H2,1-3H3. The summed E-state index contributed by atoms with van der Waals surface area (Å²) in [4.78, 5) is 29.7. The topological polar surface area (TPSA) is 71.5 Å². The second-order valence-corrected chi connectivity index (χ2v) is 6.85. The molecule has 1 unspecified atom stereocenters. The molecule has 0 aliphatic carbocycles. The Bertz CT molecular complexity index is 540. The lowest BCUT2D eigenvalue weighted by Crippen LogP contribution is -2.36. The molecule has 2 heterocycles. The lowest BCUT2D eigenvalue weighted by molar-refractivity contribution is 0.0288. The van der Waals surface area contributed by atoms with Crippen LogP contribution in [-0.4, -0.2) is 53.5 Å². The summed E-state index contributed by atoms with van der Waals surface area (Å²) in [6, 6.07) is 5.30. The van der Waals surface area contributed by atoms with E-state index in [1.54, 1.807) is 29.3 Å². The van der Waals surface area contributed by atoms with Crippen LogP contribution in [-0.2, 0) is 4.74 Å². The highest BCUT2D eigenvalue weighted by Crippen LogP contribution is 2.18. The number of carbonyl (C=O) groups excluding carboxylic acids is 2. The molecule has 0 bridgehead atoms. The minimum atomic E-state index is -0.470. The van der Waals surface area contributed by atoms with Gasteiger partial charge in [0.25, 0.3) is 0 Å². The minimum absolute atomic E-state index is 0.0207. The number of likely N-dealkylation sites (tertiary alicyclic amines) is 1. The highest BCUT2D eigenvalue weighted by atomic mass is 16.6. The third kappa shape index (κ3) is 5.63. The van der Waals surface area contributed by atoms with Gasteiger partial charge in [-0.2, -0.15) is 0 Å². The predicted octanol–water partition coefficient (Wildman–Crippen LogP) is 2.11. The van der Waals surface area contributed by atoms with E-state index in [-0.39, 0.29) is 18.4 Å². The Morgan fingerprint density at radius 1 is 1.39 bits per heavy atom. The van der Waals surface area contributed by atoms with Crippen LogP contribution in [0.3, 0.4) is 0 Å². The molecule has 1 fully saturated rings. The molecule has 23 heavy (non-hydrogen) atoms. The number of pyridine rings is 1. The predicted molar refractivity (Wildman–Crippen MR) is 87.4 cm³/mol. The van der Waals surface area contributed by atoms with Crippen LogP contribution in [0.25, 0.3) is 0 Å². The van der Waals surface area contributed by atoms with Crippen molar-refractivity contribution in [3.05, 3.63) is 30.1 Å². The number of aromatic nitrogens is 1. The lowest BCUT2D eigenvalue weighted by Gasteiger charge is -2.24. The van der Waals surface area contributed by atoms with Gasteiger partial charge in [-0.3, -0.25) is 9.78 Å². The van der Waals surface area contributed by atoms with Gasteiger partial charge in [0, 0.05) is 25.8 Å². The summed E-state index contributed by atoms with van der Waals surface area (Å²) in [6.07, 6.45) is 2.27. The van der Waals surface area contributed by atoms with E-state index in [9.17, 15) is 9.59 Å². The van der Waals surface area contributed by atoms with Crippen LogP contribution in [0.1, 0.15) is 37.7 Å². The van der Waals surface area contributed by atoms with Crippen LogP contribution in [0.4, 0.5) is 4.79 Å². The van der Waals surface area contributed by atoms with E-state index in [2.05, 4.69) is 10.3 Å². The maximum atomic E-state index is 12.0. The van der Waals surface area contributed by atoms with E-state index in [4.69, 9.17) is 4.74 Å². The average Bonchev–Trinajstić information content (AvgIpc) is 2.95. The first-order valence-corrected chi connectivity index (χ1v) is 7.98. The van der Waals surface area contributed by atoms with Gasteiger partial charge < -0.3 is 15.0 Å². The molecule has 2 rings (SSSR count). The fraction of sp³-hybridized carbons (Fsp3) is 0.588. The van der Waals surface area contributed by atoms with Gasteiger partial charge in [0.05, 0.1) is 6.54 Å². The maximum absolute atomic E-state index is 12.0. The Kier molecular flexibility index (Phi) is 5.71. The van der Waals surface area contributed by atoms with Crippen LogP contribution in [0.2, 0.25) is 0 Å². The summed E-state index contributed by atoms with van der Waals surface area (Å²) in [5.41, 5.74) is 0.00417. The molecule has 1 aliphatic rings. The molecule has 1 saturated heterocycles. The Hall–Kier alpha value is -1.95. The molecule has 1 N–H and O–H groups in total. The molecule has 1 aromatic heterocycles. The van der Waals surface area contributed by atoms with Gasteiger partial charge in [-0.25, -0.2) is 4.79 Å². The highest BCUT2D eigenvalue weighted by molar-refractivity contribution is 5.95. The normalized spacial score (nSPS) is 18.0. The van der Waals surface area contributed by atoms with Gasteiger partial charge in [0.1, 0.15) is 11.3 Å². The fourth-order valence-corrected chi connectivity index (χ4v) is 2.50.